The summed E-state index contributed by atoms with van der Waals surface area (Å²) in [7, 11) is -3.05. The molecule has 2 nitrogen and oxygen atoms in total. The number of benzene rings is 1. The van der Waals surface area contributed by atoms with Gasteiger partial charge in [-0.1, -0.05) is 49.1 Å². The summed E-state index contributed by atoms with van der Waals surface area (Å²) in [5, 5.41) is 2.50. The zero-order valence-corrected chi connectivity index (χ0v) is 15.0. The van der Waals surface area contributed by atoms with Crippen molar-refractivity contribution in [3.63, 3.8) is 0 Å². The van der Waals surface area contributed by atoms with Gasteiger partial charge < -0.3 is 8.85 Å². The van der Waals surface area contributed by atoms with Crippen LogP contribution in [0.25, 0.3) is 5.20 Å². The minimum atomic E-state index is -2.23. The highest BCUT2D eigenvalue weighted by Crippen LogP contribution is 2.16. The van der Waals surface area contributed by atoms with E-state index in [-0.39, 0.29) is 0 Å². The molecule has 0 aliphatic carbocycles. The van der Waals surface area contributed by atoms with E-state index in [1.807, 2.05) is 13.8 Å². The highest BCUT2D eigenvalue weighted by atomic mass is 28.4. The fourth-order valence-corrected chi connectivity index (χ4v) is 5.23. The molecule has 0 aromatic heterocycles. The van der Waals surface area contributed by atoms with Gasteiger partial charge in [-0.25, -0.2) is 0 Å². The molecule has 0 atom stereocenters. The minimum absolute atomic E-state index is 0.691. The van der Waals surface area contributed by atoms with Crippen LogP contribution in [0.1, 0.15) is 19.4 Å². The third-order valence-corrected chi connectivity index (χ3v) is 8.10. The summed E-state index contributed by atoms with van der Waals surface area (Å²) < 4.78 is 11.8. The smallest absolute Gasteiger partial charge is 0.369 e. The fourth-order valence-electron chi connectivity index (χ4n) is 2.08. The van der Waals surface area contributed by atoms with Crippen molar-refractivity contribution in [1.82, 2.24) is 0 Å². The molecule has 0 aliphatic rings. The first-order valence-corrected chi connectivity index (χ1v) is 12.2. The Morgan fingerprint density at radius 3 is 1.95 bits per heavy atom. The Labute approximate surface area is 120 Å². The quantitative estimate of drug-likeness (QED) is 0.720. The van der Waals surface area contributed by atoms with Crippen molar-refractivity contribution in [1.29, 1.82) is 0 Å². The van der Waals surface area contributed by atoms with Gasteiger partial charge in [0.2, 0.25) is 0 Å². The van der Waals surface area contributed by atoms with Crippen molar-refractivity contribution in [3.05, 3.63) is 36.4 Å². The van der Waals surface area contributed by atoms with Crippen LogP contribution in [0.5, 0.6) is 0 Å². The molecule has 0 saturated carbocycles. The van der Waals surface area contributed by atoms with Gasteiger partial charge in [-0.05, 0) is 31.1 Å². The predicted octanol–water partition coefficient (Wildman–Crippen LogP) is 3.08. The van der Waals surface area contributed by atoms with Crippen LogP contribution in [0.2, 0.25) is 19.6 Å². The topological polar surface area (TPSA) is 18.5 Å². The Hall–Kier alpha value is -0.686. The molecule has 1 rings (SSSR count). The standard InChI is InChI=1S/C15H26O2Si2/c1-7-16-19(6,17-8-2)15-11-9-14(10-12-15)13(3)18(4)5/h9-12,18H,3,7-8H2,1-2,4-6H3. The van der Waals surface area contributed by atoms with Crippen LogP contribution < -0.4 is 5.19 Å². The highest BCUT2D eigenvalue weighted by molar-refractivity contribution is 6.80. The minimum Gasteiger partial charge on any atom is -0.391 e. The highest BCUT2D eigenvalue weighted by Gasteiger charge is 2.33. The van der Waals surface area contributed by atoms with Crippen LogP contribution in [0, 0.1) is 0 Å². The molecule has 106 valence electrons. The molecular formula is C15H26O2Si2. The van der Waals surface area contributed by atoms with E-state index in [4.69, 9.17) is 8.85 Å². The van der Waals surface area contributed by atoms with Crippen LogP contribution in [0.3, 0.4) is 0 Å². The molecule has 19 heavy (non-hydrogen) atoms. The van der Waals surface area contributed by atoms with E-state index in [0.29, 0.717) is 13.2 Å². The maximum Gasteiger partial charge on any atom is 0.369 e. The Bertz CT molecular complexity index is 407. The van der Waals surface area contributed by atoms with Gasteiger partial charge in [0.1, 0.15) is 0 Å². The zero-order valence-electron chi connectivity index (χ0n) is 12.8. The van der Waals surface area contributed by atoms with Crippen molar-refractivity contribution in [2.45, 2.75) is 33.5 Å². The Kier molecular flexibility index (Phi) is 6.19. The first kappa shape index (κ1) is 16.4. The van der Waals surface area contributed by atoms with E-state index < -0.39 is 17.4 Å². The van der Waals surface area contributed by atoms with E-state index in [2.05, 4.69) is 50.5 Å². The second-order valence-electron chi connectivity index (χ2n) is 5.07. The van der Waals surface area contributed by atoms with E-state index in [1.54, 1.807) is 0 Å². The lowest BCUT2D eigenvalue weighted by Crippen LogP contribution is -2.51. The maximum absolute atomic E-state index is 5.91. The zero-order chi connectivity index (χ0) is 14.5. The number of hydrogen-bond donors (Lipinski definition) is 0. The summed E-state index contributed by atoms with van der Waals surface area (Å²) in [6.45, 7) is 16.3. The summed E-state index contributed by atoms with van der Waals surface area (Å²) in [4.78, 5) is 0. The second-order valence-corrected chi connectivity index (χ2v) is 11.1. The van der Waals surface area contributed by atoms with Crippen LogP contribution in [0.4, 0.5) is 0 Å². The van der Waals surface area contributed by atoms with Gasteiger partial charge in [-0.2, -0.15) is 0 Å². The van der Waals surface area contributed by atoms with E-state index in [0.717, 1.165) is 0 Å². The lowest BCUT2D eigenvalue weighted by molar-refractivity contribution is 0.202. The van der Waals surface area contributed by atoms with Crippen molar-refractivity contribution >= 4 is 27.7 Å². The number of rotatable bonds is 7. The molecule has 0 spiro atoms. The van der Waals surface area contributed by atoms with Crippen LogP contribution in [0.15, 0.2) is 30.8 Å². The average molecular weight is 295 g/mol. The van der Waals surface area contributed by atoms with Crippen molar-refractivity contribution < 1.29 is 8.85 Å². The first-order valence-electron chi connectivity index (χ1n) is 7.02. The van der Waals surface area contributed by atoms with Crippen LogP contribution in [-0.2, 0) is 8.85 Å². The van der Waals surface area contributed by atoms with Crippen LogP contribution in [-0.4, -0.2) is 30.6 Å². The number of hydrogen-bond acceptors (Lipinski definition) is 2. The molecule has 0 fully saturated rings. The van der Waals surface area contributed by atoms with E-state index in [9.17, 15) is 0 Å². The lowest BCUT2D eigenvalue weighted by Gasteiger charge is -2.26. The molecule has 0 heterocycles. The molecule has 4 heteroatoms. The monoisotopic (exact) mass is 294 g/mol. The van der Waals surface area contributed by atoms with Gasteiger partial charge in [0, 0.05) is 13.2 Å². The summed E-state index contributed by atoms with van der Waals surface area (Å²) >= 11 is 0. The normalized spacial score (nSPS) is 11.9. The lowest BCUT2D eigenvalue weighted by atomic mass is 10.2. The van der Waals surface area contributed by atoms with Gasteiger partial charge in [-0.15, -0.1) is 0 Å². The van der Waals surface area contributed by atoms with E-state index >= 15 is 0 Å². The third-order valence-electron chi connectivity index (χ3n) is 3.32. The van der Waals surface area contributed by atoms with Gasteiger partial charge in [0.15, 0.2) is 0 Å². The predicted molar refractivity (Wildman–Crippen MR) is 88.9 cm³/mol. The van der Waals surface area contributed by atoms with Gasteiger partial charge in [0.05, 0.1) is 8.80 Å². The molecule has 0 radical (unpaired) electrons. The largest absolute Gasteiger partial charge is 0.391 e. The molecule has 0 aliphatic heterocycles. The SMILES string of the molecule is C=C(c1ccc([Si](C)(OCC)OCC)cc1)[SiH](C)C. The Balaban J connectivity index is 2.98. The van der Waals surface area contributed by atoms with Gasteiger partial charge >= 0.3 is 8.56 Å². The third kappa shape index (κ3) is 4.14. The molecule has 0 unspecified atom stereocenters. The van der Waals surface area contributed by atoms with Crippen LogP contribution >= 0.6 is 0 Å². The summed E-state index contributed by atoms with van der Waals surface area (Å²) in [6, 6.07) is 8.62. The molecule has 0 saturated heterocycles. The van der Waals surface area contributed by atoms with Gasteiger partial charge in [0.25, 0.3) is 0 Å². The Morgan fingerprint density at radius 1 is 1.11 bits per heavy atom. The molecule has 1 aromatic carbocycles. The molecule has 0 amide bonds. The average Bonchev–Trinajstić information content (AvgIpc) is 2.38. The summed E-state index contributed by atoms with van der Waals surface area (Å²) in [5.74, 6) is 0. The second kappa shape index (κ2) is 7.19. The first-order chi connectivity index (χ1) is 8.94. The van der Waals surface area contributed by atoms with Crippen molar-refractivity contribution in [2.75, 3.05) is 13.2 Å². The fraction of sp³-hybridized carbons (Fsp3) is 0.467. The molecule has 0 N–H and O–H groups in total. The van der Waals surface area contributed by atoms with Crippen molar-refractivity contribution in [2.24, 2.45) is 0 Å². The summed E-state index contributed by atoms with van der Waals surface area (Å²) in [6.07, 6.45) is 0. The Morgan fingerprint density at radius 2 is 1.58 bits per heavy atom. The van der Waals surface area contributed by atoms with E-state index in [1.165, 1.54) is 15.9 Å². The summed E-state index contributed by atoms with van der Waals surface area (Å²) in [5.41, 5.74) is 1.26. The molecule has 0 bridgehead atoms. The molecule has 1 aromatic rings. The molecular weight excluding hydrogens is 268 g/mol. The van der Waals surface area contributed by atoms with Crippen molar-refractivity contribution in [3.8, 4) is 0 Å². The maximum atomic E-state index is 5.91. The van der Waals surface area contributed by atoms with Gasteiger partial charge in [-0.3, -0.25) is 0 Å².